The number of nitrogens with zero attached hydrogens (tertiary/aromatic N) is 2. The number of pyridine rings is 2. The van der Waals surface area contributed by atoms with Crippen LogP contribution in [-0.4, -0.2) is 15.6 Å². The minimum absolute atomic E-state index is 0.0611. The van der Waals surface area contributed by atoms with Gasteiger partial charge in [-0.05, 0) is 42.5 Å². The zero-order valence-electron chi connectivity index (χ0n) is 10.7. The molecule has 2 aromatic heterocycles. The molecule has 1 atom stereocenters. The van der Waals surface area contributed by atoms with Gasteiger partial charge in [-0.2, -0.15) is 0 Å². The van der Waals surface area contributed by atoms with Gasteiger partial charge in [0.15, 0.2) is 0 Å². The topological polar surface area (TPSA) is 60.9 Å². The van der Waals surface area contributed by atoms with Crippen molar-refractivity contribution in [3.8, 4) is 0 Å². The van der Waals surface area contributed by atoms with Crippen molar-refractivity contribution in [2.75, 3.05) is 0 Å². The van der Waals surface area contributed by atoms with Crippen LogP contribution in [0.4, 0.5) is 0 Å². The van der Waals surface area contributed by atoms with Crippen LogP contribution in [0.25, 0.3) is 0 Å². The maximum Gasteiger partial charge on any atom is 0.251 e. The molecule has 0 saturated heterocycles. The first kappa shape index (κ1) is 12.1. The summed E-state index contributed by atoms with van der Waals surface area (Å²) in [5.74, 6) is 0. The molecule has 0 amide bonds. The summed E-state index contributed by atoms with van der Waals surface area (Å²) in [5.41, 5.74) is 9.51. The van der Waals surface area contributed by atoms with E-state index in [0.29, 0.717) is 6.54 Å². The van der Waals surface area contributed by atoms with Crippen molar-refractivity contribution in [2.45, 2.75) is 31.8 Å². The van der Waals surface area contributed by atoms with Crippen molar-refractivity contribution in [3.05, 3.63) is 63.8 Å². The number of hydrogen-bond acceptors (Lipinski definition) is 3. The van der Waals surface area contributed by atoms with Gasteiger partial charge in [-0.25, -0.2) is 0 Å². The summed E-state index contributed by atoms with van der Waals surface area (Å²) in [6, 6.07) is 7.69. The van der Waals surface area contributed by atoms with E-state index in [1.54, 1.807) is 18.5 Å². The number of hydrogen-bond donors (Lipinski definition) is 1. The molecule has 2 heterocycles. The first-order chi connectivity index (χ1) is 9.24. The molecule has 3 rings (SSSR count). The molecule has 4 nitrogen and oxygen atoms in total. The van der Waals surface area contributed by atoms with E-state index >= 15 is 0 Å². The number of rotatable bonds is 2. The zero-order valence-corrected chi connectivity index (χ0v) is 10.7. The standard InChI is InChI=1S/C15H17N3O/c16-13-2-3-14-12(9-13)1-4-15(19)18(14)10-11-5-7-17-8-6-11/h1,4-8,13H,2-3,9-10,16H2. The fraction of sp³-hybridized carbons (Fsp3) is 0.333. The molecule has 2 aromatic rings. The third-order valence-electron chi connectivity index (χ3n) is 3.71. The molecule has 19 heavy (non-hydrogen) atoms. The molecule has 98 valence electrons. The predicted octanol–water partition coefficient (Wildman–Crippen LogP) is 1.11. The summed E-state index contributed by atoms with van der Waals surface area (Å²) >= 11 is 0. The monoisotopic (exact) mass is 255 g/mol. The second kappa shape index (κ2) is 4.97. The molecule has 0 spiro atoms. The van der Waals surface area contributed by atoms with Crippen LogP contribution in [0.1, 0.15) is 23.2 Å². The van der Waals surface area contributed by atoms with Crippen LogP contribution in [0, 0.1) is 0 Å². The third-order valence-corrected chi connectivity index (χ3v) is 3.71. The minimum atomic E-state index is 0.0611. The summed E-state index contributed by atoms with van der Waals surface area (Å²) in [4.78, 5) is 16.1. The van der Waals surface area contributed by atoms with Crippen LogP contribution in [0.15, 0.2) is 41.5 Å². The molecular weight excluding hydrogens is 238 g/mol. The Balaban J connectivity index is 2.01. The van der Waals surface area contributed by atoms with Gasteiger partial charge >= 0.3 is 0 Å². The van der Waals surface area contributed by atoms with Crippen molar-refractivity contribution in [1.29, 1.82) is 0 Å². The van der Waals surface area contributed by atoms with Gasteiger partial charge in [-0.15, -0.1) is 0 Å². The molecular formula is C15H17N3O. The highest BCUT2D eigenvalue weighted by atomic mass is 16.1. The number of aromatic nitrogens is 2. The van der Waals surface area contributed by atoms with Gasteiger partial charge in [-0.3, -0.25) is 9.78 Å². The summed E-state index contributed by atoms with van der Waals surface area (Å²) in [6.07, 6.45) is 6.22. The largest absolute Gasteiger partial charge is 0.327 e. The maximum atomic E-state index is 12.1. The van der Waals surface area contributed by atoms with Crippen molar-refractivity contribution >= 4 is 0 Å². The van der Waals surface area contributed by atoms with E-state index in [2.05, 4.69) is 4.98 Å². The summed E-state index contributed by atoms with van der Waals surface area (Å²) in [5, 5.41) is 0. The van der Waals surface area contributed by atoms with Crippen molar-refractivity contribution < 1.29 is 0 Å². The molecule has 0 aromatic carbocycles. The van der Waals surface area contributed by atoms with Gasteiger partial charge in [0.05, 0.1) is 6.54 Å². The van der Waals surface area contributed by atoms with Gasteiger partial charge in [0.1, 0.15) is 0 Å². The number of fused-ring (bicyclic) bond motifs is 1. The van der Waals surface area contributed by atoms with Crippen molar-refractivity contribution in [3.63, 3.8) is 0 Å². The fourth-order valence-corrected chi connectivity index (χ4v) is 2.70. The molecule has 1 aliphatic rings. The lowest BCUT2D eigenvalue weighted by atomic mass is 9.92. The Morgan fingerprint density at radius 1 is 1.26 bits per heavy atom. The molecule has 2 N–H and O–H groups in total. The van der Waals surface area contributed by atoms with Crippen LogP contribution in [0.3, 0.4) is 0 Å². The van der Waals surface area contributed by atoms with Gasteiger partial charge in [-0.1, -0.05) is 6.07 Å². The van der Waals surface area contributed by atoms with E-state index in [4.69, 9.17) is 5.73 Å². The first-order valence-corrected chi connectivity index (χ1v) is 6.60. The lowest BCUT2D eigenvalue weighted by Gasteiger charge is -2.24. The van der Waals surface area contributed by atoms with Gasteiger partial charge < -0.3 is 10.3 Å². The SMILES string of the molecule is NC1CCc2c(ccc(=O)n2Cc2ccncc2)C1. The Bertz CT molecular complexity index is 634. The molecule has 1 unspecified atom stereocenters. The second-order valence-corrected chi connectivity index (χ2v) is 5.09. The quantitative estimate of drug-likeness (QED) is 0.874. The minimum Gasteiger partial charge on any atom is -0.327 e. The zero-order chi connectivity index (χ0) is 13.2. The molecule has 0 saturated carbocycles. The van der Waals surface area contributed by atoms with Crippen LogP contribution in [-0.2, 0) is 19.4 Å². The Morgan fingerprint density at radius 2 is 2.05 bits per heavy atom. The summed E-state index contributed by atoms with van der Waals surface area (Å²) in [7, 11) is 0. The third kappa shape index (κ3) is 2.44. The van der Waals surface area contributed by atoms with E-state index < -0.39 is 0 Å². The van der Waals surface area contributed by atoms with E-state index in [9.17, 15) is 4.79 Å². The predicted molar refractivity (Wildman–Crippen MR) is 74.0 cm³/mol. The highest BCUT2D eigenvalue weighted by Gasteiger charge is 2.18. The van der Waals surface area contributed by atoms with Gasteiger partial charge in [0, 0.05) is 30.2 Å². The van der Waals surface area contributed by atoms with Crippen LogP contribution < -0.4 is 11.3 Å². The van der Waals surface area contributed by atoms with Crippen LogP contribution in [0.5, 0.6) is 0 Å². The highest BCUT2D eigenvalue weighted by Crippen LogP contribution is 2.19. The number of nitrogens with two attached hydrogens (primary N) is 1. The second-order valence-electron chi connectivity index (χ2n) is 5.09. The first-order valence-electron chi connectivity index (χ1n) is 6.60. The smallest absolute Gasteiger partial charge is 0.251 e. The van der Waals surface area contributed by atoms with Gasteiger partial charge in [0.25, 0.3) is 5.56 Å². The molecule has 4 heteroatoms. The van der Waals surface area contributed by atoms with Crippen LogP contribution >= 0.6 is 0 Å². The van der Waals surface area contributed by atoms with Crippen molar-refractivity contribution in [1.82, 2.24) is 9.55 Å². The molecule has 0 bridgehead atoms. The lowest BCUT2D eigenvalue weighted by Crippen LogP contribution is -2.33. The molecule has 0 radical (unpaired) electrons. The molecule has 1 aliphatic carbocycles. The Labute approximate surface area is 111 Å². The maximum absolute atomic E-state index is 12.1. The normalized spacial score (nSPS) is 18.1. The van der Waals surface area contributed by atoms with E-state index in [1.807, 2.05) is 22.8 Å². The summed E-state index contributed by atoms with van der Waals surface area (Å²) in [6.45, 7) is 0.611. The Hall–Kier alpha value is -1.94. The van der Waals surface area contributed by atoms with E-state index in [-0.39, 0.29) is 11.6 Å². The highest BCUT2D eigenvalue weighted by molar-refractivity contribution is 5.26. The average molecular weight is 255 g/mol. The summed E-state index contributed by atoms with van der Waals surface area (Å²) < 4.78 is 1.87. The fourth-order valence-electron chi connectivity index (χ4n) is 2.70. The van der Waals surface area contributed by atoms with E-state index in [0.717, 1.165) is 30.5 Å². The lowest BCUT2D eigenvalue weighted by molar-refractivity contribution is 0.536. The molecule has 0 fully saturated rings. The van der Waals surface area contributed by atoms with Crippen molar-refractivity contribution in [2.24, 2.45) is 5.73 Å². The average Bonchev–Trinajstić information content (AvgIpc) is 2.43. The van der Waals surface area contributed by atoms with E-state index in [1.165, 1.54) is 5.56 Å². The Morgan fingerprint density at radius 3 is 2.84 bits per heavy atom. The Kier molecular flexibility index (Phi) is 3.17. The molecule has 0 aliphatic heterocycles. The van der Waals surface area contributed by atoms with Gasteiger partial charge in [0.2, 0.25) is 0 Å². The van der Waals surface area contributed by atoms with Crippen LogP contribution in [0.2, 0.25) is 0 Å².